The Labute approximate surface area is 184 Å². The first kappa shape index (κ1) is 21.4. The maximum atomic E-state index is 12.5. The van der Waals surface area contributed by atoms with Crippen LogP contribution in [0.15, 0.2) is 64.2 Å². The molecule has 4 rings (SSSR count). The molecule has 0 unspecified atom stereocenters. The van der Waals surface area contributed by atoms with Crippen molar-refractivity contribution in [2.45, 2.75) is 13.0 Å². The second-order valence-electron chi connectivity index (χ2n) is 7.66. The van der Waals surface area contributed by atoms with Gasteiger partial charge in [-0.1, -0.05) is 30.3 Å². The molecule has 1 aliphatic heterocycles. The highest BCUT2D eigenvalue weighted by atomic mass is 16.2. The van der Waals surface area contributed by atoms with Gasteiger partial charge in [0.25, 0.3) is 5.56 Å². The molecule has 0 spiro atoms. The van der Waals surface area contributed by atoms with E-state index in [1.165, 1.54) is 4.57 Å². The number of H-pyrrole nitrogens is 1. The molecular weight excluding hydrogens is 410 g/mol. The summed E-state index contributed by atoms with van der Waals surface area (Å²) in [6.07, 6.45) is 0.0189. The lowest BCUT2D eigenvalue weighted by Crippen LogP contribution is -2.51. The van der Waals surface area contributed by atoms with E-state index in [4.69, 9.17) is 0 Å². The van der Waals surface area contributed by atoms with Crippen molar-refractivity contribution in [1.82, 2.24) is 19.8 Å². The van der Waals surface area contributed by atoms with Crippen LogP contribution in [0.2, 0.25) is 0 Å². The zero-order chi connectivity index (χ0) is 22.5. The molecule has 1 fully saturated rings. The molecule has 2 N–H and O–H groups in total. The standard InChI is InChI=1S/C23H25N5O4/c29-20(10-11-28-19-9-5-4-8-18(19)22(31)25-23(28)32)24-16-21(30)27-14-12-26(13-15-27)17-6-2-1-3-7-17/h1-9H,10-16H2,(H,24,29)(H,25,31,32). The van der Waals surface area contributed by atoms with E-state index in [2.05, 4.69) is 27.3 Å². The minimum Gasteiger partial charge on any atom is -0.368 e. The fraction of sp³-hybridized carbons (Fsp3) is 0.304. The topological polar surface area (TPSA) is 108 Å². The normalized spacial score (nSPS) is 13.9. The molecule has 2 amide bonds. The Morgan fingerprint density at radius 3 is 2.34 bits per heavy atom. The molecule has 3 aromatic rings. The molecule has 2 aromatic carbocycles. The van der Waals surface area contributed by atoms with Crippen molar-refractivity contribution in [3.05, 3.63) is 75.4 Å². The third-order valence-electron chi connectivity index (χ3n) is 5.66. The quantitative estimate of drug-likeness (QED) is 0.588. The first-order valence-electron chi connectivity index (χ1n) is 10.6. The Morgan fingerprint density at radius 2 is 1.59 bits per heavy atom. The van der Waals surface area contributed by atoms with Crippen LogP contribution in [-0.2, 0) is 16.1 Å². The summed E-state index contributed by atoms with van der Waals surface area (Å²) in [5, 5.41) is 3.03. The third-order valence-corrected chi connectivity index (χ3v) is 5.66. The van der Waals surface area contributed by atoms with Crippen LogP contribution in [0.5, 0.6) is 0 Å². The lowest BCUT2D eigenvalue weighted by molar-refractivity contribution is -0.133. The first-order valence-corrected chi connectivity index (χ1v) is 10.6. The molecule has 0 aliphatic carbocycles. The van der Waals surface area contributed by atoms with Gasteiger partial charge in [-0.25, -0.2) is 4.79 Å². The second-order valence-corrected chi connectivity index (χ2v) is 7.66. The molecule has 2 heterocycles. The van der Waals surface area contributed by atoms with Crippen LogP contribution >= 0.6 is 0 Å². The summed E-state index contributed by atoms with van der Waals surface area (Å²) >= 11 is 0. The number of nitrogens with zero attached hydrogens (tertiary/aromatic N) is 3. The molecule has 9 heteroatoms. The maximum absolute atomic E-state index is 12.5. The molecule has 0 saturated carbocycles. The van der Waals surface area contributed by atoms with Crippen molar-refractivity contribution in [2.75, 3.05) is 37.6 Å². The highest BCUT2D eigenvalue weighted by molar-refractivity contribution is 5.85. The smallest absolute Gasteiger partial charge is 0.328 e. The molecule has 9 nitrogen and oxygen atoms in total. The summed E-state index contributed by atoms with van der Waals surface area (Å²) in [7, 11) is 0. The number of hydrogen-bond donors (Lipinski definition) is 2. The highest BCUT2D eigenvalue weighted by Gasteiger charge is 2.21. The molecule has 0 radical (unpaired) electrons. The van der Waals surface area contributed by atoms with E-state index >= 15 is 0 Å². The van der Waals surface area contributed by atoms with Gasteiger partial charge in [0.2, 0.25) is 11.8 Å². The molecule has 1 aromatic heterocycles. The fourth-order valence-corrected chi connectivity index (χ4v) is 3.90. The van der Waals surface area contributed by atoms with Gasteiger partial charge in [-0.05, 0) is 24.3 Å². The van der Waals surface area contributed by atoms with Gasteiger partial charge < -0.3 is 15.1 Å². The molecule has 0 atom stereocenters. The van der Waals surface area contributed by atoms with Gasteiger partial charge in [0.05, 0.1) is 17.4 Å². The Morgan fingerprint density at radius 1 is 0.906 bits per heavy atom. The number of aromatic amines is 1. The number of para-hydroxylation sites is 2. The summed E-state index contributed by atoms with van der Waals surface area (Å²) in [6, 6.07) is 16.8. The van der Waals surface area contributed by atoms with E-state index in [9.17, 15) is 19.2 Å². The van der Waals surface area contributed by atoms with Gasteiger partial charge in [-0.2, -0.15) is 0 Å². The maximum Gasteiger partial charge on any atom is 0.328 e. The average Bonchev–Trinajstić information content (AvgIpc) is 2.83. The van der Waals surface area contributed by atoms with Gasteiger partial charge in [0.15, 0.2) is 0 Å². The zero-order valence-electron chi connectivity index (χ0n) is 17.6. The Bertz CT molecular complexity index is 1230. The average molecular weight is 435 g/mol. The van der Waals surface area contributed by atoms with Gasteiger partial charge in [0, 0.05) is 44.8 Å². The number of aryl methyl sites for hydroxylation is 1. The lowest BCUT2D eigenvalue weighted by atomic mass is 10.2. The van der Waals surface area contributed by atoms with Crippen LogP contribution in [0.25, 0.3) is 10.9 Å². The Kier molecular flexibility index (Phi) is 6.34. The van der Waals surface area contributed by atoms with Crippen LogP contribution < -0.4 is 21.5 Å². The number of rotatable bonds is 6. The van der Waals surface area contributed by atoms with Gasteiger partial charge in [-0.3, -0.25) is 23.9 Å². The number of benzene rings is 2. The predicted octanol–water partition coefficient (Wildman–Crippen LogP) is 0.545. The first-order chi connectivity index (χ1) is 15.5. The van der Waals surface area contributed by atoms with Gasteiger partial charge in [0.1, 0.15) is 0 Å². The number of carbonyl (C=O) groups excluding carboxylic acids is 2. The zero-order valence-corrected chi connectivity index (χ0v) is 17.6. The van der Waals surface area contributed by atoms with E-state index < -0.39 is 11.2 Å². The summed E-state index contributed by atoms with van der Waals surface area (Å²) in [4.78, 5) is 55.1. The minimum atomic E-state index is -0.561. The molecule has 166 valence electrons. The molecule has 1 aliphatic rings. The van der Waals surface area contributed by atoms with E-state index in [1.54, 1.807) is 29.2 Å². The summed E-state index contributed by atoms with van der Waals surface area (Å²) < 4.78 is 1.36. The van der Waals surface area contributed by atoms with Crippen molar-refractivity contribution in [2.24, 2.45) is 0 Å². The van der Waals surface area contributed by atoms with E-state index in [0.717, 1.165) is 18.8 Å². The number of anilines is 1. The van der Waals surface area contributed by atoms with Crippen LogP contribution in [0.3, 0.4) is 0 Å². The largest absolute Gasteiger partial charge is 0.368 e. The summed E-state index contributed by atoms with van der Waals surface area (Å²) in [5.41, 5.74) is 0.595. The summed E-state index contributed by atoms with van der Waals surface area (Å²) in [6.45, 7) is 2.71. The second kappa shape index (κ2) is 9.51. The monoisotopic (exact) mass is 435 g/mol. The minimum absolute atomic E-state index is 0.0189. The number of fused-ring (bicyclic) bond motifs is 1. The van der Waals surface area contributed by atoms with Crippen molar-refractivity contribution < 1.29 is 9.59 Å². The van der Waals surface area contributed by atoms with Crippen molar-refractivity contribution in [1.29, 1.82) is 0 Å². The lowest BCUT2D eigenvalue weighted by Gasteiger charge is -2.36. The fourth-order valence-electron chi connectivity index (χ4n) is 3.90. The third kappa shape index (κ3) is 4.72. The Hall–Kier alpha value is -3.88. The van der Waals surface area contributed by atoms with Crippen LogP contribution in [0, 0.1) is 0 Å². The summed E-state index contributed by atoms with van der Waals surface area (Å²) in [5.74, 6) is -0.457. The van der Waals surface area contributed by atoms with Crippen molar-refractivity contribution >= 4 is 28.4 Å². The number of piperazine rings is 1. The van der Waals surface area contributed by atoms with Crippen molar-refractivity contribution in [3.8, 4) is 0 Å². The van der Waals surface area contributed by atoms with E-state index in [1.807, 2.05) is 18.2 Å². The number of amides is 2. The van der Waals surface area contributed by atoms with E-state index in [0.29, 0.717) is 24.0 Å². The van der Waals surface area contributed by atoms with Crippen molar-refractivity contribution in [3.63, 3.8) is 0 Å². The molecule has 1 saturated heterocycles. The van der Waals surface area contributed by atoms with Crippen LogP contribution in [0.1, 0.15) is 6.42 Å². The highest BCUT2D eigenvalue weighted by Crippen LogP contribution is 2.15. The van der Waals surface area contributed by atoms with Gasteiger partial charge in [-0.15, -0.1) is 0 Å². The van der Waals surface area contributed by atoms with Crippen LogP contribution in [-0.4, -0.2) is 59.0 Å². The Balaban J connectivity index is 1.27. The number of nitrogens with one attached hydrogen (secondary N) is 2. The van der Waals surface area contributed by atoms with Gasteiger partial charge >= 0.3 is 5.69 Å². The molecular formula is C23H25N5O4. The number of hydrogen-bond acceptors (Lipinski definition) is 5. The number of carbonyl (C=O) groups is 2. The van der Waals surface area contributed by atoms with Crippen LogP contribution in [0.4, 0.5) is 5.69 Å². The number of aromatic nitrogens is 2. The predicted molar refractivity (Wildman–Crippen MR) is 122 cm³/mol. The van der Waals surface area contributed by atoms with E-state index in [-0.39, 0.29) is 31.3 Å². The SMILES string of the molecule is O=C(CCn1c(=O)[nH]c(=O)c2ccccc21)NCC(=O)N1CCN(c2ccccc2)CC1. The molecule has 0 bridgehead atoms. The molecule has 32 heavy (non-hydrogen) atoms.